The van der Waals surface area contributed by atoms with Gasteiger partial charge in [0.1, 0.15) is 5.82 Å². The van der Waals surface area contributed by atoms with Crippen LogP contribution in [0.15, 0.2) is 28.7 Å². The van der Waals surface area contributed by atoms with Crippen molar-refractivity contribution in [2.24, 2.45) is 0 Å². The van der Waals surface area contributed by atoms with Crippen molar-refractivity contribution in [3.05, 3.63) is 45.6 Å². The van der Waals surface area contributed by atoms with Crippen LogP contribution in [0.4, 0.5) is 11.8 Å². The minimum atomic E-state index is 0.319. The Kier molecular flexibility index (Phi) is 5.09. The van der Waals surface area contributed by atoms with Crippen molar-refractivity contribution in [3.8, 4) is 0 Å². The number of fused-ring (bicyclic) bond motifs is 1. The van der Waals surface area contributed by atoms with Gasteiger partial charge in [0.2, 0.25) is 5.95 Å². The smallest absolute Gasteiger partial charge is 0.225 e. The van der Waals surface area contributed by atoms with Gasteiger partial charge in [0.15, 0.2) is 0 Å². The van der Waals surface area contributed by atoms with E-state index in [1.807, 2.05) is 0 Å². The van der Waals surface area contributed by atoms with Crippen molar-refractivity contribution in [3.63, 3.8) is 0 Å². The molecule has 1 aliphatic rings. The zero-order valence-electron chi connectivity index (χ0n) is 14.8. The molecule has 1 N–H and O–H groups in total. The number of nitrogens with zero attached hydrogens (tertiary/aromatic N) is 3. The number of hydrogen-bond donors (Lipinski definition) is 1. The SMILES string of the molecule is CC(C)Nc1nc(C(C)C)cc(N2CCc3cc(Br)ccc3C2)n1. The lowest BCUT2D eigenvalue weighted by molar-refractivity contribution is 0.712. The number of nitrogens with one attached hydrogen (secondary N) is 1. The zero-order valence-corrected chi connectivity index (χ0v) is 16.4. The molecule has 0 saturated heterocycles. The van der Waals surface area contributed by atoms with Crippen molar-refractivity contribution in [2.45, 2.75) is 52.6 Å². The number of benzene rings is 1. The van der Waals surface area contributed by atoms with Crippen LogP contribution in [0.1, 0.15) is 50.4 Å². The van der Waals surface area contributed by atoms with Crippen molar-refractivity contribution in [2.75, 3.05) is 16.8 Å². The van der Waals surface area contributed by atoms with Gasteiger partial charge in [-0.25, -0.2) is 4.98 Å². The second-order valence-corrected chi connectivity index (χ2v) is 7.93. The van der Waals surface area contributed by atoms with Gasteiger partial charge in [-0.3, -0.25) is 0 Å². The molecule has 0 unspecified atom stereocenters. The molecule has 3 rings (SSSR count). The maximum absolute atomic E-state index is 4.76. The zero-order chi connectivity index (χ0) is 17.3. The van der Waals surface area contributed by atoms with Crippen LogP contribution in [0.25, 0.3) is 0 Å². The fraction of sp³-hybridized carbons (Fsp3) is 0.474. The molecule has 24 heavy (non-hydrogen) atoms. The summed E-state index contributed by atoms with van der Waals surface area (Å²) in [5, 5.41) is 3.35. The van der Waals surface area contributed by atoms with Gasteiger partial charge in [-0.05, 0) is 49.4 Å². The first kappa shape index (κ1) is 17.2. The van der Waals surface area contributed by atoms with E-state index in [4.69, 9.17) is 4.98 Å². The van der Waals surface area contributed by atoms with Gasteiger partial charge in [-0.2, -0.15) is 4.98 Å². The summed E-state index contributed by atoms with van der Waals surface area (Å²) in [6.45, 7) is 10.5. The summed E-state index contributed by atoms with van der Waals surface area (Å²) in [4.78, 5) is 11.8. The topological polar surface area (TPSA) is 41.1 Å². The van der Waals surface area contributed by atoms with E-state index in [1.54, 1.807) is 0 Å². The predicted molar refractivity (Wildman–Crippen MR) is 104 cm³/mol. The number of rotatable bonds is 4. The van der Waals surface area contributed by atoms with Crippen LogP contribution in [-0.2, 0) is 13.0 Å². The van der Waals surface area contributed by atoms with Crippen molar-refractivity contribution >= 4 is 27.7 Å². The number of anilines is 2. The number of hydrogen-bond acceptors (Lipinski definition) is 4. The molecular formula is C19H25BrN4. The van der Waals surface area contributed by atoms with E-state index < -0.39 is 0 Å². The van der Waals surface area contributed by atoms with Crippen molar-refractivity contribution in [1.82, 2.24) is 9.97 Å². The van der Waals surface area contributed by atoms with Crippen LogP contribution in [0.2, 0.25) is 0 Å². The lowest BCUT2D eigenvalue weighted by atomic mass is 10.00. The Morgan fingerprint density at radius 3 is 2.58 bits per heavy atom. The molecule has 1 aromatic carbocycles. The van der Waals surface area contributed by atoms with E-state index >= 15 is 0 Å². The van der Waals surface area contributed by atoms with E-state index in [2.05, 4.69) is 83.1 Å². The Morgan fingerprint density at radius 1 is 1.08 bits per heavy atom. The standard InChI is InChI=1S/C19H25BrN4/c1-12(2)17-10-18(23-19(22-17)21-13(3)4)24-8-7-14-9-16(20)6-5-15(14)11-24/h5-6,9-10,12-13H,7-8,11H2,1-4H3,(H,21,22,23). The third-order valence-corrected chi connectivity index (χ3v) is 4.74. The molecule has 2 aromatic rings. The fourth-order valence-electron chi connectivity index (χ4n) is 2.95. The summed E-state index contributed by atoms with van der Waals surface area (Å²) < 4.78 is 1.15. The average molecular weight is 389 g/mol. The normalized spacial score (nSPS) is 14.2. The highest BCUT2D eigenvalue weighted by Crippen LogP contribution is 2.28. The van der Waals surface area contributed by atoms with Crippen LogP contribution in [0.5, 0.6) is 0 Å². The van der Waals surface area contributed by atoms with Crippen LogP contribution >= 0.6 is 15.9 Å². The molecule has 1 aliphatic heterocycles. The fourth-order valence-corrected chi connectivity index (χ4v) is 3.36. The number of aromatic nitrogens is 2. The third kappa shape index (κ3) is 3.89. The lowest BCUT2D eigenvalue weighted by Gasteiger charge is -2.30. The molecule has 0 bridgehead atoms. The minimum absolute atomic E-state index is 0.319. The molecule has 5 heteroatoms. The van der Waals surface area contributed by atoms with Gasteiger partial charge in [0.05, 0.1) is 5.69 Å². The molecule has 0 amide bonds. The maximum atomic E-state index is 4.76. The average Bonchev–Trinajstić information content (AvgIpc) is 2.53. The Bertz CT molecular complexity index is 727. The van der Waals surface area contributed by atoms with E-state index in [-0.39, 0.29) is 0 Å². The summed E-state index contributed by atoms with van der Waals surface area (Å²) in [5.41, 5.74) is 3.90. The molecule has 4 nitrogen and oxygen atoms in total. The molecule has 0 atom stereocenters. The lowest BCUT2D eigenvalue weighted by Crippen LogP contribution is -2.31. The Morgan fingerprint density at radius 2 is 1.88 bits per heavy atom. The number of halogens is 1. The van der Waals surface area contributed by atoms with Gasteiger partial charge in [-0.15, -0.1) is 0 Å². The largest absolute Gasteiger partial charge is 0.352 e. The van der Waals surface area contributed by atoms with Crippen LogP contribution < -0.4 is 10.2 Å². The molecule has 1 aromatic heterocycles. The summed E-state index contributed by atoms with van der Waals surface area (Å²) in [6.07, 6.45) is 1.04. The van der Waals surface area contributed by atoms with Gasteiger partial charge in [-0.1, -0.05) is 35.8 Å². The Labute approximate surface area is 152 Å². The summed E-state index contributed by atoms with van der Waals surface area (Å²) in [7, 11) is 0. The van der Waals surface area contributed by atoms with Crippen LogP contribution in [-0.4, -0.2) is 22.6 Å². The molecule has 0 spiro atoms. The summed E-state index contributed by atoms with van der Waals surface area (Å²) in [5.74, 6) is 2.13. The van der Waals surface area contributed by atoms with Crippen LogP contribution in [0.3, 0.4) is 0 Å². The second-order valence-electron chi connectivity index (χ2n) is 7.01. The van der Waals surface area contributed by atoms with Crippen molar-refractivity contribution in [1.29, 1.82) is 0 Å². The van der Waals surface area contributed by atoms with Gasteiger partial charge in [0, 0.05) is 29.7 Å². The first-order valence-electron chi connectivity index (χ1n) is 8.60. The first-order chi connectivity index (χ1) is 11.4. The molecule has 128 valence electrons. The highest BCUT2D eigenvalue weighted by molar-refractivity contribution is 9.10. The summed E-state index contributed by atoms with van der Waals surface area (Å²) >= 11 is 3.57. The Hall–Kier alpha value is -1.62. The highest BCUT2D eigenvalue weighted by atomic mass is 79.9. The monoisotopic (exact) mass is 388 g/mol. The van der Waals surface area contributed by atoms with Gasteiger partial charge >= 0.3 is 0 Å². The molecule has 2 heterocycles. The molecular weight excluding hydrogens is 364 g/mol. The minimum Gasteiger partial charge on any atom is -0.352 e. The molecule has 0 aliphatic carbocycles. The second kappa shape index (κ2) is 7.09. The quantitative estimate of drug-likeness (QED) is 0.820. The van der Waals surface area contributed by atoms with Gasteiger partial charge < -0.3 is 10.2 Å². The van der Waals surface area contributed by atoms with E-state index in [1.165, 1.54) is 11.1 Å². The van der Waals surface area contributed by atoms with E-state index in [0.717, 1.165) is 41.4 Å². The van der Waals surface area contributed by atoms with E-state index in [0.29, 0.717) is 12.0 Å². The Balaban J connectivity index is 1.91. The van der Waals surface area contributed by atoms with Crippen LogP contribution in [0, 0.1) is 0 Å². The highest BCUT2D eigenvalue weighted by Gasteiger charge is 2.19. The third-order valence-electron chi connectivity index (χ3n) is 4.25. The molecule has 0 saturated carbocycles. The van der Waals surface area contributed by atoms with E-state index in [9.17, 15) is 0 Å². The van der Waals surface area contributed by atoms with Crippen molar-refractivity contribution < 1.29 is 0 Å². The predicted octanol–water partition coefficient (Wildman–Crippen LogP) is 4.75. The summed E-state index contributed by atoms with van der Waals surface area (Å²) in [6, 6.07) is 9.02. The molecule has 0 radical (unpaired) electrons. The first-order valence-corrected chi connectivity index (χ1v) is 9.39. The van der Waals surface area contributed by atoms with Gasteiger partial charge in [0.25, 0.3) is 0 Å². The maximum Gasteiger partial charge on any atom is 0.225 e. The molecule has 0 fully saturated rings.